The molecule has 5 rings (SSSR count). The second-order valence-corrected chi connectivity index (χ2v) is 11.5. The van der Waals surface area contributed by atoms with Crippen LogP contribution in [0.2, 0.25) is 0 Å². The lowest BCUT2D eigenvalue weighted by atomic mass is 9.98. The third kappa shape index (κ3) is 5.87. The van der Waals surface area contributed by atoms with E-state index in [2.05, 4.69) is 24.3 Å². The fourth-order valence-electron chi connectivity index (χ4n) is 4.85. The summed E-state index contributed by atoms with van der Waals surface area (Å²) >= 11 is 0. The van der Waals surface area contributed by atoms with Gasteiger partial charge in [-0.25, -0.2) is 8.42 Å². The van der Waals surface area contributed by atoms with E-state index in [1.165, 1.54) is 17.7 Å². The number of sulfone groups is 1. The normalized spacial score (nSPS) is 14.8. The zero-order valence-corrected chi connectivity index (χ0v) is 23.2. The number of furan rings is 1. The molecule has 8 heteroatoms. The molecule has 0 spiro atoms. The number of hydrogen-bond acceptors (Lipinski definition) is 6. The lowest BCUT2D eigenvalue weighted by Gasteiger charge is -2.33. The number of primary amides is 1. The number of hydrogen-bond donors (Lipinski definition) is 1. The van der Waals surface area contributed by atoms with Crippen LogP contribution in [0.1, 0.15) is 38.7 Å². The lowest BCUT2D eigenvalue weighted by molar-refractivity contribution is -0.122. The highest BCUT2D eigenvalue weighted by Gasteiger charge is 2.51. The second kappa shape index (κ2) is 12.5. The highest BCUT2D eigenvalue weighted by Crippen LogP contribution is 2.35. The van der Waals surface area contributed by atoms with E-state index < -0.39 is 20.5 Å². The summed E-state index contributed by atoms with van der Waals surface area (Å²) in [4.78, 5) is 12.2. The standard InChI is InChI=1S/C29H29NO6S.C2H6/c30-28(31)29(14-17-34-18-15-29)37(32,33)24-12-10-23(11-13-24)35-16-4-6-21-5-3-7-22(19-21)26-20-36-27-9-2-1-8-25(26)27;1-2/h1-3,5,7-13,19-20H,4,6,14-18H2,(H2,30,31);1-2H3. The van der Waals surface area contributed by atoms with Gasteiger partial charge in [0.25, 0.3) is 0 Å². The summed E-state index contributed by atoms with van der Waals surface area (Å²) in [5, 5.41) is 1.09. The van der Waals surface area contributed by atoms with Gasteiger partial charge in [-0.05, 0) is 67.1 Å². The van der Waals surface area contributed by atoms with Gasteiger partial charge in [0.05, 0.1) is 17.8 Å². The zero-order chi connectivity index (χ0) is 27.9. The summed E-state index contributed by atoms with van der Waals surface area (Å²) in [5.74, 6) is -0.265. The van der Waals surface area contributed by atoms with Gasteiger partial charge < -0.3 is 19.6 Å². The van der Waals surface area contributed by atoms with Gasteiger partial charge >= 0.3 is 0 Å². The molecule has 1 saturated heterocycles. The highest BCUT2D eigenvalue weighted by atomic mass is 32.2. The molecule has 3 aromatic carbocycles. The van der Waals surface area contributed by atoms with Crippen molar-refractivity contribution >= 4 is 26.7 Å². The number of para-hydroxylation sites is 1. The second-order valence-electron chi connectivity index (χ2n) is 9.24. The molecule has 2 heterocycles. The summed E-state index contributed by atoms with van der Waals surface area (Å²) in [6.45, 7) is 4.85. The maximum absolute atomic E-state index is 13.3. The van der Waals surface area contributed by atoms with Crippen LogP contribution < -0.4 is 10.5 Å². The number of fused-ring (bicyclic) bond motifs is 1. The fourth-order valence-corrected chi connectivity index (χ4v) is 6.77. The van der Waals surface area contributed by atoms with Crippen LogP contribution in [0.15, 0.2) is 88.4 Å². The van der Waals surface area contributed by atoms with Gasteiger partial charge in [-0.3, -0.25) is 4.79 Å². The average Bonchev–Trinajstić information content (AvgIpc) is 3.41. The van der Waals surface area contributed by atoms with Crippen molar-refractivity contribution in [3.8, 4) is 16.9 Å². The van der Waals surface area contributed by atoms with Gasteiger partial charge in [-0.15, -0.1) is 0 Å². The number of aryl methyl sites for hydroxylation is 1. The molecule has 0 aliphatic carbocycles. The summed E-state index contributed by atoms with van der Waals surface area (Å²) in [5.41, 5.74) is 9.79. The number of benzene rings is 3. The lowest BCUT2D eigenvalue weighted by Crippen LogP contribution is -2.53. The fraction of sp³-hybridized carbons (Fsp3) is 0.323. The number of carbonyl (C=O) groups excluding carboxylic acids is 1. The molecule has 7 nitrogen and oxygen atoms in total. The van der Waals surface area contributed by atoms with Crippen molar-refractivity contribution in [3.05, 3.63) is 84.6 Å². The van der Waals surface area contributed by atoms with E-state index in [1.807, 2.05) is 38.1 Å². The smallest absolute Gasteiger partial charge is 0.239 e. The predicted molar refractivity (Wildman–Crippen MR) is 152 cm³/mol. The van der Waals surface area contributed by atoms with Crippen LogP contribution in [0.3, 0.4) is 0 Å². The molecule has 0 unspecified atom stereocenters. The van der Waals surface area contributed by atoms with Crippen LogP contribution >= 0.6 is 0 Å². The minimum absolute atomic E-state index is 0.0565. The first-order valence-electron chi connectivity index (χ1n) is 13.3. The summed E-state index contributed by atoms with van der Waals surface area (Å²) in [6.07, 6.45) is 3.53. The predicted octanol–water partition coefficient (Wildman–Crippen LogP) is 5.95. The molecule has 1 amide bonds. The molecule has 1 aliphatic heterocycles. The van der Waals surface area contributed by atoms with Crippen molar-refractivity contribution in [1.82, 2.24) is 0 Å². The van der Waals surface area contributed by atoms with Crippen molar-refractivity contribution in [2.24, 2.45) is 5.73 Å². The Morgan fingerprint density at radius 3 is 2.41 bits per heavy atom. The summed E-state index contributed by atoms with van der Waals surface area (Å²) in [6, 6.07) is 22.6. The molecule has 0 bridgehead atoms. The van der Waals surface area contributed by atoms with Gasteiger partial charge in [0.2, 0.25) is 5.91 Å². The van der Waals surface area contributed by atoms with E-state index in [4.69, 9.17) is 19.6 Å². The Morgan fingerprint density at radius 1 is 0.974 bits per heavy atom. The van der Waals surface area contributed by atoms with Gasteiger partial charge in [-0.2, -0.15) is 0 Å². The van der Waals surface area contributed by atoms with E-state index in [0.717, 1.165) is 34.9 Å². The molecule has 4 aromatic rings. The maximum Gasteiger partial charge on any atom is 0.239 e. The maximum atomic E-state index is 13.3. The molecule has 1 aromatic heterocycles. The third-order valence-electron chi connectivity index (χ3n) is 7.00. The van der Waals surface area contributed by atoms with Gasteiger partial charge in [0.15, 0.2) is 14.6 Å². The van der Waals surface area contributed by atoms with E-state index in [0.29, 0.717) is 12.4 Å². The molecule has 0 radical (unpaired) electrons. The Bertz CT molecular complexity index is 1500. The number of carbonyl (C=O) groups is 1. The van der Waals surface area contributed by atoms with Gasteiger partial charge in [-0.1, -0.05) is 56.3 Å². The van der Waals surface area contributed by atoms with Crippen molar-refractivity contribution < 1.29 is 27.1 Å². The minimum atomic E-state index is -3.95. The van der Waals surface area contributed by atoms with Crippen molar-refractivity contribution in [3.63, 3.8) is 0 Å². The first-order chi connectivity index (χ1) is 18.9. The van der Waals surface area contributed by atoms with Crippen LogP contribution in [-0.4, -0.2) is 38.9 Å². The number of nitrogens with two attached hydrogens (primary N) is 1. The number of amides is 1. The van der Waals surface area contributed by atoms with E-state index in [-0.39, 0.29) is 31.0 Å². The average molecular weight is 550 g/mol. The molecule has 1 fully saturated rings. The number of ether oxygens (including phenoxy) is 2. The Balaban J connectivity index is 0.00000172. The van der Waals surface area contributed by atoms with E-state index in [1.54, 1.807) is 18.4 Å². The Hall–Kier alpha value is -3.62. The van der Waals surface area contributed by atoms with Gasteiger partial charge in [0, 0.05) is 24.2 Å². The zero-order valence-electron chi connectivity index (χ0n) is 22.4. The van der Waals surface area contributed by atoms with Crippen molar-refractivity contribution in [1.29, 1.82) is 0 Å². The Kier molecular flexibility index (Phi) is 9.09. The molecule has 206 valence electrons. The molecular weight excluding hydrogens is 514 g/mol. The first-order valence-corrected chi connectivity index (χ1v) is 14.8. The van der Waals surface area contributed by atoms with E-state index in [9.17, 15) is 13.2 Å². The topological polar surface area (TPSA) is 109 Å². The van der Waals surface area contributed by atoms with Crippen molar-refractivity contribution in [2.75, 3.05) is 19.8 Å². The monoisotopic (exact) mass is 549 g/mol. The molecule has 39 heavy (non-hydrogen) atoms. The molecule has 0 atom stereocenters. The Labute approximate surface area is 229 Å². The van der Waals surface area contributed by atoms with Crippen molar-refractivity contribution in [2.45, 2.75) is 49.2 Å². The molecular formula is C31H35NO6S. The van der Waals surface area contributed by atoms with Crippen LogP contribution in [0.25, 0.3) is 22.1 Å². The van der Waals surface area contributed by atoms with Crippen LogP contribution in [-0.2, 0) is 25.8 Å². The van der Waals surface area contributed by atoms with Gasteiger partial charge in [0.1, 0.15) is 11.3 Å². The summed E-state index contributed by atoms with van der Waals surface area (Å²) < 4.78 is 41.7. The largest absolute Gasteiger partial charge is 0.494 e. The third-order valence-corrected chi connectivity index (χ3v) is 9.53. The molecule has 2 N–H and O–H groups in total. The van der Waals surface area contributed by atoms with Crippen LogP contribution in [0.5, 0.6) is 5.75 Å². The first kappa shape index (κ1) is 28.4. The minimum Gasteiger partial charge on any atom is -0.494 e. The summed E-state index contributed by atoms with van der Waals surface area (Å²) in [7, 11) is -3.95. The molecule has 1 aliphatic rings. The van der Waals surface area contributed by atoms with Crippen LogP contribution in [0, 0.1) is 0 Å². The quantitative estimate of drug-likeness (QED) is 0.259. The van der Waals surface area contributed by atoms with Crippen LogP contribution in [0.4, 0.5) is 0 Å². The SMILES string of the molecule is CC.NC(=O)C1(S(=O)(=O)c2ccc(OCCCc3cccc(-c4coc5ccccc45)c3)cc2)CCOCC1. The highest BCUT2D eigenvalue weighted by molar-refractivity contribution is 7.93. The van der Waals surface area contributed by atoms with E-state index >= 15 is 0 Å². The number of rotatable bonds is 9. The molecule has 0 saturated carbocycles. The Morgan fingerprint density at radius 2 is 1.69 bits per heavy atom.